The Morgan fingerprint density at radius 2 is 2.18 bits per heavy atom. The third-order valence-corrected chi connectivity index (χ3v) is 2.44. The average molecular weight is 234 g/mol. The monoisotopic (exact) mass is 234 g/mol. The molecule has 2 aromatic rings. The van der Waals surface area contributed by atoms with E-state index in [0.717, 1.165) is 11.5 Å². The van der Waals surface area contributed by atoms with Crippen molar-refractivity contribution in [2.75, 3.05) is 7.05 Å². The number of nitrogens with zero attached hydrogens (tertiary/aromatic N) is 5. The maximum Gasteiger partial charge on any atom is 0.164 e. The van der Waals surface area contributed by atoms with Gasteiger partial charge in [0, 0.05) is 12.2 Å². The van der Waals surface area contributed by atoms with Crippen molar-refractivity contribution in [1.29, 1.82) is 0 Å². The summed E-state index contributed by atoms with van der Waals surface area (Å²) in [5.74, 6) is 0.802. The number of aromatic nitrogens is 5. The Balaban J connectivity index is 2.03. The number of hydrogen-bond acceptors (Lipinski definition) is 4. The lowest BCUT2D eigenvalue weighted by Gasteiger charge is -2.03. The van der Waals surface area contributed by atoms with Crippen molar-refractivity contribution >= 4 is 0 Å². The molecule has 0 aliphatic carbocycles. The van der Waals surface area contributed by atoms with Crippen LogP contribution in [0.15, 0.2) is 18.6 Å². The van der Waals surface area contributed by atoms with Gasteiger partial charge < -0.3 is 5.32 Å². The highest BCUT2D eigenvalue weighted by Gasteiger charge is 2.04. The van der Waals surface area contributed by atoms with Crippen LogP contribution in [0.5, 0.6) is 0 Å². The van der Waals surface area contributed by atoms with E-state index in [1.807, 2.05) is 24.0 Å². The van der Waals surface area contributed by atoms with Crippen LogP contribution in [0, 0.1) is 0 Å². The fraction of sp³-hybridized carbons (Fsp3) is 0.545. The zero-order valence-electron chi connectivity index (χ0n) is 10.5. The molecule has 0 atom stereocenters. The lowest BCUT2D eigenvalue weighted by atomic mass is 10.4. The minimum absolute atomic E-state index is 0.388. The van der Waals surface area contributed by atoms with Gasteiger partial charge in [-0.15, -0.1) is 0 Å². The highest BCUT2D eigenvalue weighted by molar-refractivity contribution is 5.00. The fourth-order valence-corrected chi connectivity index (χ4v) is 1.56. The van der Waals surface area contributed by atoms with Gasteiger partial charge in [-0.25, -0.2) is 9.67 Å². The molecule has 0 aliphatic heterocycles. The molecule has 2 heterocycles. The van der Waals surface area contributed by atoms with Crippen molar-refractivity contribution in [3.8, 4) is 0 Å². The van der Waals surface area contributed by atoms with Crippen molar-refractivity contribution < 1.29 is 0 Å². The van der Waals surface area contributed by atoms with Gasteiger partial charge in [-0.3, -0.25) is 4.68 Å². The van der Waals surface area contributed by atoms with Crippen molar-refractivity contribution in [1.82, 2.24) is 29.9 Å². The summed E-state index contributed by atoms with van der Waals surface area (Å²) in [6.45, 7) is 5.57. The van der Waals surface area contributed by atoms with Crippen LogP contribution >= 0.6 is 0 Å². The summed E-state index contributed by atoms with van der Waals surface area (Å²) in [4.78, 5) is 4.20. The van der Waals surface area contributed by atoms with Gasteiger partial charge in [-0.2, -0.15) is 10.2 Å². The van der Waals surface area contributed by atoms with Gasteiger partial charge in [0.05, 0.1) is 18.8 Å². The summed E-state index contributed by atoms with van der Waals surface area (Å²) in [7, 11) is 1.88. The molecule has 2 aromatic heterocycles. The van der Waals surface area contributed by atoms with Gasteiger partial charge in [0.25, 0.3) is 0 Å². The molecule has 6 nitrogen and oxygen atoms in total. The van der Waals surface area contributed by atoms with Crippen molar-refractivity contribution in [3.05, 3.63) is 30.1 Å². The molecule has 0 saturated carbocycles. The Hall–Kier alpha value is -1.69. The van der Waals surface area contributed by atoms with E-state index < -0.39 is 0 Å². The van der Waals surface area contributed by atoms with Crippen LogP contribution in [0.4, 0.5) is 0 Å². The molecule has 1 N–H and O–H groups in total. The van der Waals surface area contributed by atoms with E-state index in [4.69, 9.17) is 0 Å². The first kappa shape index (κ1) is 11.8. The second-order valence-corrected chi connectivity index (χ2v) is 4.27. The quantitative estimate of drug-likeness (QED) is 0.832. The standard InChI is InChI=1S/C11H18N6/c1-9(2)17-5-4-10(14-17)7-16-8-13-11(15-16)6-12-3/h4-5,8-9,12H,6-7H2,1-3H3. The smallest absolute Gasteiger partial charge is 0.164 e. The van der Waals surface area contributed by atoms with Crippen LogP contribution in [0.2, 0.25) is 0 Å². The number of nitrogens with one attached hydrogen (secondary N) is 1. The molecule has 0 saturated heterocycles. The van der Waals surface area contributed by atoms with E-state index in [-0.39, 0.29) is 0 Å². The second-order valence-electron chi connectivity index (χ2n) is 4.27. The van der Waals surface area contributed by atoms with E-state index in [0.29, 0.717) is 19.1 Å². The van der Waals surface area contributed by atoms with E-state index in [2.05, 4.69) is 34.3 Å². The first-order valence-electron chi connectivity index (χ1n) is 5.76. The Kier molecular flexibility index (Phi) is 3.53. The molecular formula is C11H18N6. The minimum atomic E-state index is 0.388. The molecule has 0 fully saturated rings. The molecule has 0 unspecified atom stereocenters. The normalized spacial score (nSPS) is 11.3. The molecule has 17 heavy (non-hydrogen) atoms. The largest absolute Gasteiger partial charge is 0.313 e. The van der Waals surface area contributed by atoms with Gasteiger partial charge in [-0.05, 0) is 27.0 Å². The summed E-state index contributed by atoms with van der Waals surface area (Å²) in [6.07, 6.45) is 3.73. The van der Waals surface area contributed by atoms with Crippen LogP contribution in [-0.2, 0) is 13.1 Å². The molecule has 0 radical (unpaired) electrons. The minimum Gasteiger partial charge on any atom is -0.313 e. The summed E-state index contributed by atoms with van der Waals surface area (Å²) >= 11 is 0. The molecule has 0 amide bonds. The predicted molar refractivity (Wildman–Crippen MR) is 64.5 cm³/mol. The molecule has 0 aliphatic rings. The molecule has 0 spiro atoms. The summed E-state index contributed by atoms with van der Waals surface area (Å²) < 4.78 is 3.75. The van der Waals surface area contributed by atoms with Crippen LogP contribution in [0.3, 0.4) is 0 Å². The van der Waals surface area contributed by atoms with E-state index in [9.17, 15) is 0 Å². The maximum absolute atomic E-state index is 4.47. The van der Waals surface area contributed by atoms with Crippen LogP contribution < -0.4 is 5.32 Å². The summed E-state index contributed by atoms with van der Waals surface area (Å²) in [6, 6.07) is 2.40. The Morgan fingerprint density at radius 1 is 1.35 bits per heavy atom. The Morgan fingerprint density at radius 3 is 2.82 bits per heavy atom. The molecule has 6 heteroatoms. The molecule has 0 bridgehead atoms. The first-order chi connectivity index (χ1) is 8.19. The van der Waals surface area contributed by atoms with Gasteiger partial charge in [0.1, 0.15) is 6.33 Å². The fourth-order valence-electron chi connectivity index (χ4n) is 1.56. The zero-order valence-corrected chi connectivity index (χ0v) is 10.5. The van der Waals surface area contributed by atoms with Crippen molar-refractivity contribution in [2.45, 2.75) is 33.0 Å². The van der Waals surface area contributed by atoms with Crippen LogP contribution in [-0.4, -0.2) is 31.6 Å². The topological polar surface area (TPSA) is 60.6 Å². The second kappa shape index (κ2) is 5.09. The number of hydrogen-bond donors (Lipinski definition) is 1. The highest BCUT2D eigenvalue weighted by atomic mass is 15.4. The highest BCUT2D eigenvalue weighted by Crippen LogP contribution is 2.05. The maximum atomic E-state index is 4.47. The average Bonchev–Trinajstić information content (AvgIpc) is 2.89. The SMILES string of the molecule is CNCc1ncn(Cc2ccn(C(C)C)n2)n1. The van der Waals surface area contributed by atoms with Crippen molar-refractivity contribution in [2.24, 2.45) is 0 Å². The summed E-state index contributed by atoms with van der Waals surface area (Å²) in [5.41, 5.74) is 1.000. The zero-order chi connectivity index (χ0) is 12.3. The van der Waals surface area contributed by atoms with Gasteiger partial charge >= 0.3 is 0 Å². The lowest BCUT2D eigenvalue weighted by molar-refractivity contribution is 0.520. The van der Waals surface area contributed by atoms with Crippen LogP contribution in [0.25, 0.3) is 0 Å². The Labute approximate surface area is 101 Å². The lowest BCUT2D eigenvalue weighted by Crippen LogP contribution is -2.08. The van der Waals surface area contributed by atoms with Crippen molar-refractivity contribution in [3.63, 3.8) is 0 Å². The summed E-state index contributed by atoms with van der Waals surface area (Å²) in [5, 5.41) is 11.8. The van der Waals surface area contributed by atoms with Gasteiger partial charge in [0.15, 0.2) is 5.82 Å². The van der Waals surface area contributed by atoms with E-state index >= 15 is 0 Å². The third kappa shape index (κ3) is 2.91. The predicted octanol–water partition coefficient (Wildman–Crippen LogP) is 0.823. The number of rotatable bonds is 5. The van der Waals surface area contributed by atoms with Gasteiger partial charge in [0.2, 0.25) is 0 Å². The molecule has 2 rings (SSSR count). The molecule has 0 aromatic carbocycles. The Bertz CT molecular complexity index is 470. The molecular weight excluding hydrogens is 216 g/mol. The third-order valence-electron chi connectivity index (χ3n) is 2.44. The van der Waals surface area contributed by atoms with E-state index in [1.165, 1.54) is 0 Å². The van der Waals surface area contributed by atoms with Crippen LogP contribution in [0.1, 0.15) is 31.4 Å². The molecule has 92 valence electrons. The first-order valence-corrected chi connectivity index (χ1v) is 5.76. The van der Waals surface area contributed by atoms with Gasteiger partial charge in [-0.1, -0.05) is 0 Å². The van der Waals surface area contributed by atoms with E-state index in [1.54, 1.807) is 11.0 Å².